The summed E-state index contributed by atoms with van der Waals surface area (Å²) in [7, 11) is 0. The van der Waals surface area contributed by atoms with Gasteiger partial charge >= 0.3 is 0 Å². The van der Waals surface area contributed by atoms with E-state index in [0.29, 0.717) is 16.6 Å². The van der Waals surface area contributed by atoms with Crippen molar-refractivity contribution in [2.45, 2.75) is 26.3 Å². The minimum atomic E-state index is -0.735. The largest absolute Gasteiger partial charge is 0.494 e. The van der Waals surface area contributed by atoms with Gasteiger partial charge in [0.1, 0.15) is 11.8 Å². The van der Waals surface area contributed by atoms with Crippen molar-refractivity contribution < 1.29 is 14.3 Å². The molecule has 0 fully saturated rings. The third kappa shape index (κ3) is 6.53. The number of amides is 2. The monoisotopic (exact) mass is 431 g/mol. The predicted octanol–water partition coefficient (Wildman–Crippen LogP) is 3.51. The number of rotatable bonds is 8. The van der Waals surface area contributed by atoms with Crippen LogP contribution in [0.2, 0.25) is 0 Å². The molecule has 1 unspecified atom stereocenters. The van der Waals surface area contributed by atoms with Gasteiger partial charge in [0, 0.05) is 4.47 Å². The number of hydrogen-bond donors (Lipinski definition) is 2. The Morgan fingerprint density at radius 2 is 2.00 bits per heavy atom. The zero-order chi connectivity index (χ0) is 19.6. The first-order chi connectivity index (χ1) is 13.0. The maximum Gasteiger partial charge on any atom is 0.262 e. The molecule has 0 heterocycles. The van der Waals surface area contributed by atoms with E-state index in [-0.39, 0.29) is 5.91 Å². The second kappa shape index (κ2) is 10.5. The van der Waals surface area contributed by atoms with Gasteiger partial charge in [-0.15, -0.1) is 0 Å². The Bertz CT molecular complexity index is 824. The fraction of sp³-hybridized carbons (Fsp3) is 0.250. The van der Waals surface area contributed by atoms with Crippen molar-refractivity contribution in [1.82, 2.24) is 10.7 Å². The maximum atomic E-state index is 12.2. The summed E-state index contributed by atoms with van der Waals surface area (Å²) in [5, 5.41) is 6.58. The van der Waals surface area contributed by atoms with Gasteiger partial charge in [0.25, 0.3) is 11.8 Å². The molecule has 1 atom stereocenters. The maximum absolute atomic E-state index is 12.2. The van der Waals surface area contributed by atoms with Crippen molar-refractivity contribution in [3.63, 3.8) is 0 Å². The summed E-state index contributed by atoms with van der Waals surface area (Å²) < 4.78 is 6.22. The van der Waals surface area contributed by atoms with Crippen LogP contribution in [0, 0.1) is 0 Å². The molecular formula is C20H22BrN3O3. The molecule has 142 valence electrons. The normalized spacial score (nSPS) is 11.8. The van der Waals surface area contributed by atoms with Crippen LogP contribution in [0.15, 0.2) is 58.1 Å². The van der Waals surface area contributed by atoms with Crippen LogP contribution < -0.4 is 15.5 Å². The van der Waals surface area contributed by atoms with Crippen LogP contribution in [0.1, 0.15) is 36.2 Å². The predicted molar refractivity (Wildman–Crippen MR) is 109 cm³/mol. The van der Waals surface area contributed by atoms with Crippen LogP contribution in [0.25, 0.3) is 0 Å². The molecule has 0 spiro atoms. The smallest absolute Gasteiger partial charge is 0.262 e. The molecular weight excluding hydrogens is 410 g/mol. The van der Waals surface area contributed by atoms with Crippen LogP contribution in [-0.2, 0) is 4.79 Å². The highest BCUT2D eigenvalue weighted by Crippen LogP contribution is 2.15. The molecule has 0 saturated heterocycles. The molecule has 2 aromatic carbocycles. The topological polar surface area (TPSA) is 79.8 Å². The number of carbonyl (C=O) groups is 2. The molecule has 0 bridgehead atoms. The van der Waals surface area contributed by atoms with Crippen LogP contribution in [0.4, 0.5) is 0 Å². The molecule has 2 rings (SSSR count). The van der Waals surface area contributed by atoms with Crippen LogP contribution in [0.5, 0.6) is 5.75 Å². The summed E-state index contributed by atoms with van der Waals surface area (Å²) in [6.07, 6.45) is 2.45. The SMILES string of the molecule is CCCOc1cccc(C=NNC(=O)C(C)NC(=O)c2ccccc2Br)c1. The third-order valence-corrected chi connectivity index (χ3v) is 4.27. The van der Waals surface area contributed by atoms with E-state index in [4.69, 9.17) is 4.74 Å². The zero-order valence-corrected chi connectivity index (χ0v) is 16.8. The van der Waals surface area contributed by atoms with Crippen molar-refractivity contribution in [1.29, 1.82) is 0 Å². The lowest BCUT2D eigenvalue weighted by Gasteiger charge is -2.12. The molecule has 0 aliphatic carbocycles. The fourth-order valence-corrected chi connectivity index (χ4v) is 2.62. The molecule has 0 aromatic heterocycles. The van der Waals surface area contributed by atoms with Gasteiger partial charge in [0.05, 0.1) is 18.4 Å². The molecule has 0 radical (unpaired) electrons. The summed E-state index contributed by atoms with van der Waals surface area (Å²) >= 11 is 3.32. The molecule has 2 aromatic rings. The second-order valence-electron chi connectivity index (χ2n) is 5.83. The van der Waals surface area contributed by atoms with Gasteiger partial charge in [-0.1, -0.05) is 31.2 Å². The first-order valence-corrected chi connectivity index (χ1v) is 9.41. The number of nitrogens with zero attached hydrogens (tertiary/aromatic N) is 1. The number of hydrazone groups is 1. The Morgan fingerprint density at radius 1 is 1.22 bits per heavy atom. The van der Waals surface area contributed by atoms with E-state index in [1.807, 2.05) is 37.3 Å². The molecule has 7 heteroatoms. The van der Waals surface area contributed by atoms with Gasteiger partial charge in [0.2, 0.25) is 0 Å². The molecule has 27 heavy (non-hydrogen) atoms. The van der Waals surface area contributed by atoms with Crippen molar-refractivity contribution >= 4 is 34.0 Å². The van der Waals surface area contributed by atoms with Crippen LogP contribution in [-0.4, -0.2) is 30.7 Å². The average molecular weight is 432 g/mol. The van der Waals surface area contributed by atoms with E-state index in [2.05, 4.69) is 31.8 Å². The molecule has 0 aliphatic rings. The minimum absolute atomic E-state index is 0.338. The Balaban J connectivity index is 1.88. The number of ether oxygens (including phenoxy) is 1. The van der Waals surface area contributed by atoms with E-state index in [0.717, 1.165) is 17.7 Å². The van der Waals surface area contributed by atoms with E-state index >= 15 is 0 Å². The third-order valence-electron chi connectivity index (χ3n) is 3.58. The first kappa shape index (κ1) is 20.6. The molecule has 2 N–H and O–H groups in total. The van der Waals surface area contributed by atoms with Gasteiger partial charge < -0.3 is 10.1 Å². The van der Waals surface area contributed by atoms with Crippen LogP contribution >= 0.6 is 15.9 Å². The number of hydrogen-bond acceptors (Lipinski definition) is 4. The number of carbonyl (C=O) groups excluding carboxylic acids is 2. The highest BCUT2D eigenvalue weighted by Gasteiger charge is 2.17. The summed E-state index contributed by atoms with van der Waals surface area (Å²) in [5.74, 6) is 0.00103. The summed E-state index contributed by atoms with van der Waals surface area (Å²) in [6.45, 7) is 4.28. The van der Waals surface area contributed by atoms with Gasteiger partial charge in [-0.2, -0.15) is 5.10 Å². The molecule has 6 nitrogen and oxygen atoms in total. The molecule has 0 saturated carbocycles. The van der Waals surface area contributed by atoms with Gasteiger partial charge in [-0.3, -0.25) is 9.59 Å². The van der Waals surface area contributed by atoms with E-state index in [1.54, 1.807) is 25.1 Å². The fourth-order valence-electron chi connectivity index (χ4n) is 2.16. The van der Waals surface area contributed by atoms with E-state index < -0.39 is 11.9 Å². The lowest BCUT2D eigenvalue weighted by molar-refractivity contribution is -0.122. The van der Waals surface area contributed by atoms with Crippen LogP contribution in [0.3, 0.4) is 0 Å². The highest BCUT2D eigenvalue weighted by molar-refractivity contribution is 9.10. The van der Waals surface area contributed by atoms with Crippen molar-refractivity contribution in [3.8, 4) is 5.75 Å². The Morgan fingerprint density at radius 3 is 2.74 bits per heavy atom. The summed E-state index contributed by atoms with van der Waals surface area (Å²) in [4.78, 5) is 24.3. The van der Waals surface area contributed by atoms with E-state index in [9.17, 15) is 9.59 Å². The molecule has 2 amide bonds. The van der Waals surface area contributed by atoms with Crippen molar-refractivity contribution in [2.24, 2.45) is 5.10 Å². The lowest BCUT2D eigenvalue weighted by atomic mass is 10.2. The summed E-state index contributed by atoms with van der Waals surface area (Å²) in [6, 6.07) is 13.7. The second-order valence-corrected chi connectivity index (χ2v) is 6.68. The highest BCUT2D eigenvalue weighted by atomic mass is 79.9. The Kier molecular flexibility index (Phi) is 8.00. The first-order valence-electron chi connectivity index (χ1n) is 8.62. The zero-order valence-electron chi connectivity index (χ0n) is 15.2. The number of nitrogens with one attached hydrogen (secondary N) is 2. The average Bonchev–Trinajstić information content (AvgIpc) is 2.66. The quantitative estimate of drug-likeness (QED) is 0.495. The van der Waals surface area contributed by atoms with Gasteiger partial charge in [-0.25, -0.2) is 5.43 Å². The Hall–Kier alpha value is -2.67. The van der Waals surface area contributed by atoms with Gasteiger partial charge in [-0.05, 0) is 59.1 Å². The van der Waals surface area contributed by atoms with E-state index in [1.165, 1.54) is 6.21 Å². The standard InChI is InChI=1S/C20H22BrN3O3/c1-3-11-27-16-8-6-7-15(12-16)13-22-24-19(25)14(2)23-20(26)17-9-4-5-10-18(17)21/h4-10,12-14H,3,11H2,1-2H3,(H,23,26)(H,24,25). The Labute approximate surface area is 167 Å². The molecule has 0 aliphatic heterocycles. The van der Waals surface area contributed by atoms with Crippen molar-refractivity contribution in [2.75, 3.05) is 6.61 Å². The van der Waals surface area contributed by atoms with Gasteiger partial charge in [0.15, 0.2) is 0 Å². The summed E-state index contributed by atoms with van der Waals surface area (Å²) in [5.41, 5.74) is 3.69. The number of halogens is 1. The number of benzene rings is 2. The lowest BCUT2D eigenvalue weighted by Crippen LogP contribution is -2.43. The minimum Gasteiger partial charge on any atom is -0.494 e. The van der Waals surface area contributed by atoms with Crippen molar-refractivity contribution in [3.05, 3.63) is 64.1 Å².